The van der Waals surface area contributed by atoms with Crippen LogP contribution in [0, 0.1) is 5.92 Å². The molecule has 0 bridgehead atoms. The highest BCUT2D eigenvalue weighted by atomic mass is 16.5. The summed E-state index contributed by atoms with van der Waals surface area (Å²) in [6.07, 6.45) is 4.78. The molecular formula is C23H26N2O4. The lowest BCUT2D eigenvalue weighted by molar-refractivity contribution is 0.0600. The molecule has 1 fully saturated rings. The van der Waals surface area contributed by atoms with Crippen molar-refractivity contribution in [2.75, 3.05) is 27.3 Å². The van der Waals surface area contributed by atoms with Crippen molar-refractivity contribution in [2.24, 2.45) is 5.92 Å². The maximum atomic E-state index is 13.2. The number of likely N-dealkylation sites (tertiary alicyclic amines) is 1. The van der Waals surface area contributed by atoms with Crippen molar-refractivity contribution in [3.05, 3.63) is 58.3 Å². The second kappa shape index (κ2) is 8.23. The minimum absolute atomic E-state index is 0.00476. The van der Waals surface area contributed by atoms with Gasteiger partial charge in [-0.1, -0.05) is 12.1 Å². The van der Waals surface area contributed by atoms with Crippen LogP contribution in [0.5, 0.6) is 5.88 Å². The molecular weight excluding hydrogens is 368 g/mol. The average Bonchev–Trinajstić information content (AvgIpc) is 3.40. The van der Waals surface area contributed by atoms with Gasteiger partial charge in [0.2, 0.25) is 5.88 Å². The Kier molecular flexibility index (Phi) is 5.51. The Labute approximate surface area is 170 Å². The number of carbonyl (C=O) groups excluding carboxylic acids is 2. The molecule has 0 spiro atoms. The maximum absolute atomic E-state index is 13.2. The number of aromatic nitrogens is 1. The molecule has 0 radical (unpaired) electrons. The maximum Gasteiger partial charge on any atom is 0.337 e. The summed E-state index contributed by atoms with van der Waals surface area (Å²) in [7, 11) is 2.96. The zero-order chi connectivity index (χ0) is 20.4. The molecule has 6 heteroatoms. The predicted molar refractivity (Wildman–Crippen MR) is 108 cm³/mol. The number of esters is 1. The number of rotatable bonds is 5. The lowest BCUT2D eigenvalue weighted by Gasteiger charge is -2.19. The first-order valence-corrected chi connectivity index (χ1v) is 10.1. The Morgan fingerprint density at radius 3 is 2.86 bits per heavy atom. The number of methoxy groups -OCH3 is 2. The summed E-state index contributed by atoms with van der Waals surface area (Å²) in [6, 6.07) is 9.51. The molecule has 6 nitrogen and oxygen atoms in total. The van der Waals surface area contributed by atoms with Gasteiger partial charge in [-0.3, -0.25) is 4.79 Å². The van der Waals surface area contributed by atoms with E-state index < -0.39 is 0 Å². The van der Waals surface area contributed by atoms with Gasteiger partial charge in [0.15, 0.2) is 0 Å². The molecule has 4 rings (SSSR count). The average molecular weight is 394 g/mol. The highest BCUT2D eigenvalue weighted by Gasteiger charge is 2.30. The molecule has 1 atom stereocenters. The second-order valence-electron chi connectivity index (χ2n) is 7.81. The van der Waals surface area contributed by atoms with E-state index in [-0.39, 0.29) is 11.9 Å². The van der Waals surface area contributed by atoms with Gasteiger partial charge in [-0.25, -0.2) is 9.78 Å². The largest absolute Gasteiger partial charge is 0.480 e. The van der Waals surface area contributed by atoms with Crippen molar-refractivity contribution in [2.45, 2.75) is 32.1 Å². The lowest BCUT2D eigenvalue weighted by atomic mass is 9.97. The summed E-state index contributed by atoms with van der Waals surface area (Å²) in [5, 5.41) is 0. The van der Waals surface area contributed by atoms with Crippen LogP contribution in [-0.2, 0) is 24.0 Å². The van der Waals surface area contributed by atoms with Crippen LogP contribution in [0.4, 0.5) is 0 Å². The molecule has 1 aromatic heterocycles. The van der Waals surface area contributed by atoms with Crippen LogP contribution >= 0.6 is 0 Å². The van der Waals surface area contributed by atoms with Gasteiger partial charge in [0.05, 0.1) is 19.8 Å². The Morgan fingerprint density at radius 2 is 2.07 bits per heavy atom. The Balaban J connectivity index is 1.45. The highest BCUT2D eigenvalue weighted by Crippen LogP contribution is 2.29. The molecule has 2 aromatic rings. The van der Waals surface area contributed by atoms with Gasteiger partial charge in [0, 0.05) is 18.8 Å². The van der Waals surface area contributed by atoms with Crippen LogP contribution in [0.2, 0.25) is 0 Å². The number of hydrogen-bond acceptors (Lipinski definition) is 5. The molecule has 1 aromatic carbocycles. The Morgan fingerprint density at radius 1 is 1.21 bits per heavy atom. The summed E-state index contributed by atoms with van der Waals surface area (Å²) < 4.78 is 10.2. The number of fused-ring (bicyclic) bond motifs is 1. The van der Waals surface area contributed by atoms with Crippen molar-refractivity contribution in [3.8, 4) is 5.88 Å². The van der Waals surface area contributed by atoms with Gasteiger partial charge >= 0.3 is 5.97 Å². The van der Waals surface area contributed by atoms with E-state index in [1.165, 1.54) is 12.7 Å². The summed E-state index contributed by atoms with van der Waals surface area (Å²) in [4.78, 5) is 31.4. The summed E-state index contributed by atoms with van der Waals surface area (Å²) >= 11 is 0. The van der Waals surface area contributed by atoms with E-state index in [2.05, 4.69) is 4.98 Å². The van der Waals surface area contributed by atoms with Crippen LogP contribution in [0.1, 0.15) is 50.4 Å². The third-order valence-electron chi connectivity index (χ3n) is 5.89. The van der Waals surface area contributed by atoms with Gasteiger partial charge < -0.3 is 14.4 Å². The minimum Gasteiger partial charge on any atom is -0.480 e. The standard InChI is InChI=1S/C23H26N2O4/c1-28-21-19(13-17-6-4-8-20(17)24-21)22(26)25-10-9-16(14-25)11-15-5-3-7-18(12-15)23(27)29-2/h3,5,7,12-13,16H,4,6,8-11,14H2,1-2H3. The number of ether oxygens (including phenoxy) is 2. The zero-order valence-corrected chi connectivity index (χ0v) is 16.9. The van der Waals surface area contributed by atoms with Gasteiger partial charge in [-0.05, 0) is 67.3 Å². The molecule has 1 amide bonds. The molecule has 1 saturated heterocycles. The van der Waals surface area contributed by atoms with Crippen molar-refractivity contribution >= 4 is 11.9 Å². The number of aryl methyl sites for hydroxylation is 2. The fraction of sp³-hybridized carbons (Fsp3) is 0.435. The summed E-state index contributed by atoms with van der Waals surface area (Å²) in [6.45, 7) is 1.42. The lowest BCUT2D eigenvalue weighted by Crippen LogP contribution is -2.29. The third kappa shape index (κ3) is 3.97. The fourth-order valence-electron chi connectivity index (χ4n) is 4.39. The normalized spacial score (nSPS) is 17.9. The summed E-state index contributed by atoms with van der Waals surface area (Å²) in [5.41, 5.74) is 4.45. The first kappa shape index (κ1) is 19.4. The van der Waals surface area contributed by atoms with Crippen molar-refractivity contribution < 1.29 is 19.1 Å². The van der Waals surface area contributed by atoms with Gasteiger partial charge in [0.25, 0.3) is 5.91 Å². The molecule has 29 heavy (non-hydrogen) atoms. The number of pyridine rings is 1. The zero-order valence-electron chi connectivity index (χ0n) is 16.9. The Hall–Kier alpha value is -2.89. The predicted octanol–water partition coefficient (Wildman–Crippen LogP) is 3.07. The number of amides is 1. The molecule has 0 saturated carbocycles. The molecule has 1 unspecified atom stereocenters. The topological polar surface area (TPSA) is 68.7 Å². The fourth-order valence-corrected chi connectivity index (χ4v) is 4.39. The van der Waals surface area contributed by atoms with E-state index in [4.69, 9.17) is 9.47 Å². The van der Waals surface area contributed by atoms with E-state index in [0.29, 0.717) is 29.5 Å². The van der Waals surface area contributed by atoms with Crippen LogP contribution in [0.15, 0.2) is 30.3 Å². The SMILES string of the molecule is COC(=O)c1cccc(CC2CCN(C(=O)c3cc4c(nc3OC)CCC4)C2)c1. The molecule has 2 aliphatic rings. The Bertz CT molecular complexity index is 940. The van der Waals surface area contributed by atoms with E-state index in [9.17, 15) is 9.59 Å². The van der Waals surface area contributed by atoms with E-state index in [1.54, 1.807) is 13.2 Å². The molecule has 2 heterocycles. The van der Waals surface area contributed by atoms with E-state index >= 15 is 0 Å². The van der Waals surface area contributed by atoms with Gasteiger partial charge in [-0.2, -0.15) is 0 Å². The monoisotopic (exact) mass is 394 g/mol. The number of carbonyl (C=O) groups is 2. The van der Waals surface area contributed by atoms with E-state index in [0.717, 1.165) is 49.9 Å². The second-order valence-corrected chi connectivity index (χ2v) is 7.81. The molecule has 0 N–H and O–H groups in total. The quantitative estimate of drug-likeness (QED) is 0.729. The van der Waals surface area contributed by atoms with E-state index in [1.807, 2.05) is 29.2 Å². The van der Waals surface area contributed by atoms with Crippen molar-refractivity contribution in [1.82, 2.24) is 9.88 Å². The number of hydrogen-bond donors (Lipinski definition) is 0. The first-order valence-electron chi connectivity index (χ1n) is 10.1. The van der Waals surface area contributed by atoms with Crippen molar-refractivity contribution in [1.29, 1.82) is 0 Å². The van der Waals surface area contributed by atoms with Gasteiger partial charge in [0.1, 0.15) is 5.56 Å². The van der Waals surface area contributed by atoms with Gasteiger partial charge in [-0.15, -0.1) is 0 Å². The third-order valence-corrected chi connectivity index (χ3v) is 5.89. The first-order chi connectivity index (χ1) is 14.1. The van der Waals surface area contributed by atoms with Crippen LogP contribution in [0.3, 0.4) is 0 Å². The highest BCUT2D eigenvalue weighted by molar-refractivity contribution is 5.97. The van der Waals surface area contributed by atoms with Crippen LogP contribution < -0.4 is 4.74 Å². The van der Waals surface area contributed by atoms with Crippen molar-refractivity contribution in [3.63, 3.8) is 0 Å². The molecule has 152 valence electrons. The number of nitrogens with zero attached hydrogens (tertiary/aromatic N) is 2. The van der Waals surface area contributed by atoms with Crippen LogP contribution in [0.25, 0.3) is 0 Å². The molecule has 1 aliphatic carbocycles. The van der Waals surface area contributed by atoms with Crippen LogP contribution in [-0.4, -0.2) is 49.1 Å². The molecule has 1 aliphatic heterocycles. The number of benzene rings is 1. The smallest absolute Gasteiger partial charge is 0.337 e. The summed E-state index contributed by atoms with van der Waals surface area (Å²) in [5.74, 6) is 0.464. The minimum atomic E-state index is -0.328.